The second-order valence-corrected chi connectivity index (χ2v) is 4.63. The summed E-state index contributed by atoms with van der Waals surface area (Å²) in [7, 11) is 3.45. The van der Waals surface area contributed by atoms with E-state index in [-0.39, 0.29) is 24.0 Å². The van der Waals surface area contributed by atoms with E-state index in [4.69, 9.17) is 4.74 Å². The summed E-state index contributed by atoms with van der Waals surface area (Å²) in [5, 5.41) is 6.45. The third-order valence-corrected chi connectivity index (χ3v) is 3.19. The summed E-state index contributed by atoms with van der Waals surface area (Å²) >= 11 is 0. The van der Waals surface area contributed by atoms with Gasteiger partial charge in [-0.05, 0) is 30.0 Å². The maximum absolute atomic E-state index is 5.17. The second-order valence-electron chi connectivity index (χ2n) is 4.63. The Labute approximate surface area is 145 Å². The van der Waals surface area contributed by atoms with Crippen LogP contribution in [0.4, 0.5) is 0 Å². The minimum Gasteiger partial charge on any atom is -0.497 e. The molecule has 1 aromatic rings. The van der Waals surface area contributed by atoms with Gasteiger partial charge in [-0.25, -0.2) is 0 Å². The molecule has 0 aliphatic carbocycles. The van der Waals surface area contributed by atoms with Crippen LogP contribution in [-0.2, 0) is 0 Å². The number of ether oxygens (including phenoxy) is 1. The third-order valence-electron chi connectivity index (χ3n) is 3.19. The fourth-order valence-corrected chi connectivity index (χ4v) is 1.90. The molecule has 1 aromatic carbocycles. The molecule has 0 aromatic heterocycles. The standard InChI is InChI=1S/C16H25N3O.HI/c1-5-11-18-16(17-3)19-12-10-13(2)14-6-8-15(20-4)9-7-14;/h5-9,13H,1,10-12H2,2-4H3,(H2,17,18,19);1H. The van der Waals surface area contributed by atoms with Gasteiger partial charge in [0.05, 0.1) is 7.11 Å². The number of nitrogens with one attached hydrogen (secondary N) is 2. The summed E-state index contributed by atoms with van der Waals surface area (Å²) in [4.78, 5) is 4.15. The Morgan fingerprint density at radius 2 is 2.00 bits per heavy atom. The van der Waals surface area contributed by atoms with Crippen molar-refractivity contribution in [2.75, 3.05) is 27.2 Å². The monoisotopic (exact) mass is 403 g/mol. The Morgan fingerprint density at radius 1 is 1.33 bits per heavy atom. The van der Waals surface area contributed by atoms with Crippen molar-refractivity contribution in [3.63, 3.8) is 0 Å². The molecular weight excluding hydrogens is 377 g/mol. The first-order valence-corrected chi connectivity index (χ1v) is 6.90. The molecule has 0 spiro atoms. The molecule has 0 saturated heterocycles. The van der Waals surface area contributed by atoms with E-state index >= 15 is 0 Å². The largest absolute Gasteiger partial charge is 0.497 e. The van der Waals surface area contributed by atoms with Crippen LogP contribution in [0.3, 0.4) is 0 Å². The minimum atomic E-state index is 0. The van der Waals surface area contributed by atoms with Crippen molar-refractivity contribution in [1.82, 2.24) is 10.6 Å². The van der Waals surface area contributed by atoms with Gasteiger partial charge >= 0.3 is 0 Å². The Bertz CT molecular complexity index is 432. The summed E-state index contributed by atoms with van der Waals surface area (Å²) in [6.45, 7) is 7.49. The lowest BCUT2D eigenvalue weighted by Crippen LogP contribution is -2.38. The van der Waals surface area contributed by atoms with Gasteiger partial charge in [0.25, 0.3) is 0 Å². The van der Waals surface area contributed by atoms with E-state index in [0.29, 0.717) is 12.5 Å². The number of benzene rings is 1. The van der Waals surface area contributed by atoms with E-state index in [9.17, 15) is 0 Å². The highest BCUT2D eigenvalue weighted by Crippen LogP contribution is 2.21. The normalized spacial score (nSPS) is 12.0. The average molecular weight is 403 g/mol. The fourth-order valence-electron chi connectivity index (χ4n) is 1.90. The highest BCUT2D eigenvalue weighted by molar-refractivity contribution is 14.0. The van der Waals surface area contributed by atoms with Gasteiger partial charge in [0.15, 0.2) is 5.96 Å². The number of guanidine groups is 1. The van der Waals surface area contributed by atoms with Gasteiger partial charge in [-0.1, -0.05) is 25.1 Å². The first kappa shape index (κ1) is 19.8. The molecule has 2 N–H and O–H groups in total. The van der Waals surface area contributed by atoms with E-state index in [2.05, 4.69) is 41.3 Å². The molecule has 118 valence electrons. The van der Waals surface area contributed by atoms with Gasteiger partial charge in [0.1, 0.15) is 5.75 Å². The maximum atomic E-state index is 5.17. The topological polar surface area (TPSA) is 45.7 Å². The van der Waals surface area contributed by atoms with Crippen LogP contribution in [0.5, 0.6) is 5.75 Å². The molecule has 0 radical (unpaired) electrons. The van der Waals surface area contributed by atoms with Crippen molar-refractivity contribution in [3.05, 3.63) is 42.5 Å². The van der Waals surface area contributed by atoms with Gasteiger partial charge in [0.2, 0.25) is 0 Å². The van der Waals surface area contributed by atoms with E-state index in [1.807, 2.05) is 18.2 Å². The number of hydrogen-bond acceptors (Lipinski definition) is 2. The van der Waals surface area contributed by atoms with Crippen LogP contribution in [0.15, 0.2) is 41.9 Å². The molecule has 1 unspecified atom stereocenters. The number of hydrogen-bond donors (Lipinski definition) is 2. The number of rotatable bonds is 7. The number of aliphatic imine (C=N–C) groups is 1. The third kappa shape index (κ3) is 7.36. The van der Waals surface area contributed by atoms with Gasteiger partial charge in [0, 0.05) is 20.1 Å². The van der Waals surface area contributed by atoms with Crippen molar-refractivity contribution >= 4 is 29.9 Å². The van der Waals surface area contributed by atoms with Crippen LogP contribution < -0.4 is 15.4 Å². The van der Waals surface area contributed by atoms with E-state index in [1.165, 1.54) is 5.56 Å². The zero-order valence-electron chi connectivity index (χ0n) is 13.1. The molecule has 21 heavy (non-hydrogen) atoms. The molecule has 0 saturated carbocycles. The van der Waals surface area contributed by atoms with Gasteiger partial charge in [-0.2, -0.15) is 0 Å². The highest BCUT2D eigenvalue weighted by atomic mass is 127. The van der Waals surface area contributed by atoms with Gasteiger partial charge < -0.3 is 15.4 Å². The Morgan fingerprint density at radius 3 is 2.52 bits per heavy atom. The van der Waals surface area contributed by atoms with Crippen LogP contribution >= 0.6 is 24.0 Å². The zero-order chi connectivity index (χ0) is 14.8. The van der Waals surface area contributed by atoms with E-state index in [1.54, 1.807) is 14.2 Å². The summed E-state index contributed by atoms with van der Waals surface area (Å²) in [6, 6.07) is 8.25. The Kier molecular flexibility index (Phi) is 10.7. The predicted molar refractivity (Wildman–Crippen MR) is 101 cm³/mol. The highest BCUT2D eigenvalue weighted by Gasteiger charge is 2.06. The lowest BCUT2D eigenvalue weighted by Gasteiger charge is -2.15. The number of nitrogens with zero attached hydrogens (tertiary/aromatic N) is 1. The summed E-state index contributed by atoms with van der Waals surface area (Å²) in [5.74, 6) is 2.20. The molecule has 0 aliphatic heterocycles. The molecule has 0 heterocycles. The zero-order valence-corrected chi connectivity index (χ0v) is 15.4. The van der Waals surface area contributed by atoms with Crippen molar-refractivity contribution < 1.29 is 4.74 Å². The van der Waals surface area contributed by atoms with E-state index in [0.717, 1.165) is 24.7 Å². The SMILES string of the molecule is C=CCNC(=NC)NCCC(C)c1ccc(OC)cc1.I. The Hall–Kier alpha value is -1.24. The summed E-state index contributed by atoms with van der Waals surface area (Å²) in [5.41, 5.74) is 1.32. The van der Waals surface area contributed by atoms with E-state index < -0.39 is 0 Å². The smallest absolute Gasteiger partial charge is 0.191 e. The fraction of sp³-hybridized carbons (Fsp3) is 0.438. The van der Waals surface area contributed by atoms with Crippen molar-refractivity contribution in [3.8, 4) is 5.75 Å². The minimum absolute atomic E-state index is 0. The van der Waals surface area contributed by atoms with Gasteiger partial charge in [-0.3, -0.25) is 4.99 Å². The lowest BCUT2D eigenvalue weighted by molar-refractivity contribution is 0.414. The first-order valence-electron chi connectivity index (χ1n) is 6.90. The first-order chi connectivity index (χ1) is 9.71. The van der Waals surface area contributed by atoms with Crippen molar-refractivity contribution in [2.45, 2.75) is 19.3 Å². The summed E-state index contributed by atoms with van der Waals surface area (Å²) < 4.78 is 5.17. The number of methoxy groups -OCH3 is 1. The quantitative estimate of drug-likeness (QED) is 0.318. The van der Waals surface area contributed by atoms with Crippen molar-refractivity contribution in [2.24, 2.45) is 4.99 Å². The van der Waals surface area contributed by atoms with Crippen LogP contribution in [-0.4, -0.2) is 33.2 Å². The molecule has 0 aliphatic rings. The summed E-state index contributed by atoms with van der Waals surface area (Å²) in [6.07, 6.45) is 2.86. The molecule has 0 amide bonds. The maximum Gasteiger partial charge on any atom is 0.191 e. The Balaban J connectivity index is 0.00000400. The molecule has 0 bridgehead atoms. The van der Waals surface area contributed by atoms with Crippen LogP contribution in [0.1, 0.15) is 24.8 Å². The molecule has 1 rings (SSSR count). The molecule has 4 nitrogen and oxygen atoms in total. The van der Waals surface area contributed by atoms with Crippen LogP contribution in [0, 0.1) is 0 Å². The van der Waals surface area contributed by atoms with Gasteiger partial charge in [-0.15, -0.1) is 30.6 Å². The molecule has 0 fully saturated rings. The van der Waals surface area contributed by atoms with Crippen LogP contribution in [0.25, 0.3) is 0 Å². The second kappa shape index (κ2) is 11.4. The lowest BCUT2D eigenvalue weighted by atomic mass is 9.98. The average Bonchev–Trinajstić information content (AvgIpc) is 2.50. The van der Waals surface area contributed by atoms with Crippen LogP contribution in [0.2, 0.25) is 0 Å². The number of halogens is 1. The molecule has 5 heteroatoms. The molecule has 1 atom stereocenters. The predicted octanol–water partition coefficient (Wildman–Crippen LogP) is 3.16. The van der Waals surface area contributed by atoms with Crippen molar-refractivity contribution in [1.29, 1.82) is 0 Å². The molecular formula is C16H26IN3O.